The highest BCUT2D eigenvalue weighted by atomic mass is 16.3. The predicted octanol–water partition coefficient (Wildman–Crippen LogP) is 3.09. The van der Waals surface area contributed by atoms with E-state index in [1.807, 2.05) is 31.2 Å². The summed E-state index contributed by atoms with van der Waals surface area (Å²) in [6.07, 6.45) is 0. The van der Waals surface area contributed by atoms with Gasteiger partial charge in [0.1, 0.15) is 0 Å². The molecule has 0 radical (unpaired) electrons. The lowest BCUT2D eigenvalue weighted by Crippen LogP contribution is -1.86. The summed E-state index contributed by atoms with van der Waals surface area (Å²) in [4.78, 5) is 0. The number of aryl methyl sites for hydroxylation is 2. The third kappa shape index (κ3) is 1.91. The van der Waals surface area contributed by atoms with E-state index in [1.54, 1.807) is 6.92 Å². The van der Waals surface area contributed by atoms with Crippen LogP contribution in [-0.4, -0.2) is 15.3 Å². The van der Waals surface area contributed by atoms with Gasteiger partial charge in [0.2, 0.25) is 5.75 Å². The van der Waals surface area contributed by atoms with Gasteiger partial charge in [-0.15, -0.1) is 0 Å². The van der Waals surface area contributed by atoms with Crippen molar-refractivity contribution in [2.75, 3.05) is 0 Å². The lowest BCUT2D eigenvalue weighted by Gasteiger charge is -2.11. The van der Waals surface area contributed by atoms with E-state index < -0.39 is 5.75 Å². The number of aromatic hydroxyl groups is 3. The van der Waals surface area contributed by atoms with Crippen molar-refractivity contribution in [3.8, 4) is 28.4 Å². The van der Waals surface area contributed by atoms with Crippen molar-refractivity contribution in [2.45, 2.75) is 13.8 Å². The molecule has 0 aromatic heterocycles. The lowest BCUT2D eigenvalue weighted by atomic mass is 9.97. The first kappa shape index (κ1) is 11.3. The van der Waals surface area contributed by atoms with Crippen LogP contribution in [-0.2, 0) is 0 Å². The van der Waals surface area contributed by atoms with Crippen LogP contribution in [0.4, 0.5) is 0 Å². The average Bonchev–Trinajstić information content (AvgIpc) is 2.29. The second-order valence-electron chi connectivity index (χ2n) is 4.15. The van der Waals surface area contributed by atoms with Crippen LogP contribution in [0.3, 0.4) is 0 Å². The molecule has 2 aromatic rings. The van der Waals surface area contributed by atoms with Crippen molar-refractivity contribution in [1.29, 1.82) is 0 Å². The highest BCUT2D eigenvalue weighted by molar-refractivity contribution is 5.78. The number of rotatable bonds is 1. The van der Waals surface area contributed by atoms with E-state index in [2.05, 4.69) is 0 Å². The van der Waals surface area contributed by atoms with E-state index in [0.717, 1.165) is 11.1 Å². The van der Waals surface area contributed by atoms with Crippen LogP contribution in [0.25, 0.3) is 11.1 Å². The first-order chi connectivity index (χ1) is 8.00. The average molecular weight is 230 g/mol. The molecule has 0 saturated carbocycles. The molecule has 88 valence electrons. The summed E-state index contributed by atoms with van der Waals surface area (Å²) in [7, 11) is 0. The maximum atomic E-state index is 9.87. The van der Waals surface area contributed by atoms with E-state index in [0.29, 0.717) is 11.1 Å². The van der Waals surface area contributed by atoms with Gasteiger partial charge in [0.15, 0.2) is 11.5 Å². The number of phenols is 3. The van der Waals surface area contributed by atoms with Gasteiger partial charge in [-0.25, -0.2) is 0 Å². The van der Waals surface area contributed by atoms with Crippen LogP contribution in [0.5, 0.6) is 17.2 Å². The molecule has 3 heteroatoms. The molecule has 0 heterocycles. The molecule has 0 aliphatic heterocycles. The molecular weight excluding hydrogens is 216 g/mol. The molecule has 0 aliphatic carbocycles. The van der Waals surface area contributed by atoms with Crippen LogP contribution in [0, 0.1) is 13.8 Å². The van der Waals surface area contributed by atoms with Gasteiger partial charge in [-0.1, -0.05) is 29.8 Å². The topological polar surface area (TPSA) is 60.7 Å². The Kier molecular flexibility index (Phi) is 2.68. The first-order valence-corrected chi connectivity index (χ1v) is 5.32. The predicted molar refractivity (Wildman–Crippen MR) is 66.3 cm³/mol. The lowest BCUT2D eigenvalue weighted by molar-refractivity contribution is 0.368. The van der Waals surface area contributed by atoms with Crippen molar-refractivity contribution >= 4 is 0 Å². The minimum atomic E-state index is -0.480. The Morgan fingerprint density at radius 1 is 0.824 bits per heavy atom. The second-order valence-corrected chi connectivity index (χ2v) is 4.15. The van der Waals surface area contributed by atoms with Gasteiger partial charge >= 0.3 is 0 Å². The van der Waals surface area contributed by atoms with Crippen molar-refractivity contribution in [2.24, 2.45) is 0 Å². The Morgan fingerprint density at radius 3 is 2.00 bits per heavy atom. The Balaban J connectivity index is 2.67. The van der Waals surface area contributed by atoms with Crippen LogP contribution >= 0.6 is 0 Å². The Hall–Kier alpha value is -2.16. The monoisotopic (exact) mass is 230 g/mol. The van der Waals surface area contributed by atoms with Crippen molar-refractivity contribution in [1.82, 2.24) is 0 Å². The summed E-state index contributed by atoms with van der Waals surface area (Å²) in [5, 5.41) is 28.8. The first-order valence-electron chi connectivity index (χ1n) is 5.32. The number of benzene rings is 2. The van der Waals surface area contributed by atoms with E-state index in [-0.39, 0.29) is 11.5 Å². The van der Waals surface area contributed by atoms with Crippen LogP contribution in [0.15, 0.2) is 30.3 Å². The van der Waals surface area contributed by atoms with Gasteiger partial charge in [-0.3, -0.25) is 0 Å². The number of phenolic OH excluding ortho intramolecular Hbond substituents is 3. The summed E-state index contributed by atoms with van der Waals surface area (Å²) in [5.41, 5.74) is 3.18. The molecule has 0 bridgehead atoms. The molecule has 17 heavy (non-hydrogen) atoms. The SMILES string of the molecule is Cc1ccc(-c2c(C)cc(O)c(O)c2O)cc1. The minimum absolute atomic E-state index is 0.286. The number of hydrogen-bond acceptors (Lipinski definition) is 3. The smallest absolute Gasteiger partial charge is 0.200 e. The van der Waals surface area contributed by atoms with Gasteiger partial charge in [0.25, 0.3) is 0 Å². The van der Waals surface area contributed by atoms with E-state index >= 15 is 0 Å². The quantitative estimate of drug-likeness (QED) is 0.660. The molecule has 0 unspecified atom stereocenters. The molecular formula is C14H14O3. The molecule has 0 amide bonds. The molecule has 0 aliphatic rings. The minimum Gasteiger partial charge on any atom is -0.504 e. The van der Waals surface area contributed by atoms with Gasteiger partial charge in [-0.2, -0.15) is 0 Å². The Labute approximate surface area is 99.6 Å². The van der Waals surface area contributed by atoms with Gasteiger partial charge in [0, 0.05) is 5.56 Å². The van der Waals surface area contributed by atoms with Crippen LogP contribution in [0.2, 0.25) is 0 Å². The summed E-state index contributed by atoms with van der Waals surface area (Å²) in [5.74, 6) is -1.08. The highest BCUT2D eigenvalue weighted by Crippen LogP contribution is 2.44. The summed E-state index contributed by atoms with van der Waals surface area (Å²) in [6.45, 7) is 3.75. The molecule has 0 saturated heterocycles. The van der Waals surface area contributed by atoms with Gasteiger partial charge in [-0.05, 0) is 31.0 Å². The second kappa shape index (κ2) is 4.01. The molecule has 2 rings (SSSR count). The molecule has 2 aromatic carbocycles. The van der Waals surface area contributed by atoms with Crippen molar-refractivity contribution < 1.29 is 15.3 Å². The molecule has 0 atom stereocenters. The van der Waals surface area contributed by atoms with Crippen molar-refractivity contribution in [3.63, 3.8) is 0 Å². The fourth-order valence-corrected chi connectivity index (χ4v) is 1.86. The van der Waals surface area contributed by atoms with Gasteiger partial charge < -0.3 is 15.3 Å². The largest absolute Gasteiger partial charge is 0.504 e. The standard InChI is InChI=1S/C14H14O3/c1-8-3-5-10(6-4-8)12-9(2)7-11(15)13(16)14(12)17/h3-7,15-17H,1-2H3. The highest BCUT2D eigenvalue weighted by Gasteiger charge is 2.15. The molecule has 0 spiro atoms. The van der Waals surface area contributed by atoms with Gasteiger partial charge in [0.05, 0.1) is 0 Å². The summed E-state index contributed by atoms with van der Waals surface area (Å²) in [6, 6.07) is 9.03. The number of hydrogen-bond donors (Lipinski definition) is 3. The fraction of sp³-hybridized carbons (Fsp3) is 0.143. The zero-order valence-electron chi connectivity index (χ0n) is 9.73. The van der Waals surface area contributed by atoms with Crippen molar-refractivity contribution in [3.05, 3.63) is 41.5 Å². The Bertz CT molecular complexity index is 557. The van der Waals surface area contributed by atoms with Crippen LogP contribution in [0.1, 0.15) is 11.1 Å². The zero-order chi connectivity index (χ0) is 12.6. The van der Waals surface area contributed by atoms with Crippen LogP contribution < -0.4 is 0 Å². The summed E-state index contributed by atoms with van der Waals surface area (Å²) < 4.78 is 0. The molecule has 3 N–H and O–H groups in total. The Morgan fingerprint density at radius 2 is 1.41 bits per heavy atom. The molecule has 0 fully saturated rings. The maximum absolute atomic E-state index is 9.87. The molecule has 3 nitrogen and oxygen atoms in total. The van der Waals surface area contributed by atoms with E-state index in [9.17, 15) is 15.3 Å². The maximum Gasteiger partial charge on any atom is 0.200 e. The zero-order valence-corrected chi connectivity index (χ0v) is 9.73. The summed E-state index contributed by atoms with van der Waals surface area (Å²) >= 11 is 0. The van der Waals surface area contributed by atoms with E-state index in [1.165, 1.54) is 6.07 Å². The normalized spacial score (nSPS) is 10.5. The third-order valence-electron chi connectivity index (χ3n) is 2.79. The third-order valence-corrected chi connectivity index (χ3v) is 2.79. The van der Waals surface area contributed by atoms with E-state index in [4.69, 9.17) is 0 Å². The fourth-order valence-electron chi connectivity index (χ4n) is 1.86.